The van der Waals surface area contributed by atoms with Gasteiger partial charge in [-0.1, -0.05) is 60.6 Å². The Bertz CT molecular complexity index is 1830. The Labute approximate surface area is 240 Å². The number of aromatic nitrogens is 2. The number of fused-ring (bicyclic) bond motifs is 2. The smallest absolute Gasteiger partial charge is 0.338 e. The van der Waals surface area contributed by atoms with Gasteiger partial charge in [0.2, 0.25) is 0 Å². The van der Waals surface area contributed by atoms with E-state index in [0.717, 1.165) is 22.9 Å². The number of halogens is 1. The van der Waals surface area contributed by atoms with Crippen LogP contribution in [0.1, 0.15) is 43.9 Å². The highest BCUT2D eigenvalue weighted by Crippen LogP contribution is 2.38. The molecule has 206 valence electrons. The normalized spacial score (nSPS) is 15.2. The third kappa shape index (κ3) is 4.93. The minimum Gasteiger partial charge on any atom is -0.496 e. The maximum atomic E-state index is 14.2. The zero-order valence-corrected chi connectivity index (χ0v) is 24.2. The van der Waals surface area contributed by atoms with Crippen LogP contribution in [0.2, 0.25) is 5.02 Å². The van der Waals surface area contributed by atoms with Gasteiger partial charge in [0.15, 0.2) is 4.80 Å². The number of nitrogens with zero attached hydrogens (tertiary/aromatic N) is 3. The average molecular weight is 576 g/mol. The second kappa shape index (κ2) is 11.7. The molecule has 9 heteroatoms. The Balaban J connectivity index is 1.81. The summed E-state index contributed by atoms with van der Waals surface area (Å²) in [7, 11) is 1.55. The zero-order valence-electron chi connectivity index (χ0n) is 22.6. The van der Waals surface area contributed by atoms with Crippen LogP contribution in [0.4, 0.5) is 0 Å². The van der Waals surface area contributed by atoms with Gasteiger partial charge in [0.05, 0.1) is 29.5 Å². The Kier molecular flexibility index (Phi) is 8.09. The number of thiazole rings is 1. The summed E-state index contributed by atoms with van der Waals surface area (Å²) in [5.74, 6) is -0.000439. The van der Waals surface area contributed by atoms with Gasteiger partial charge in [-0.3, -0.25) is 9.36 Å². The number of para-hydroxylation sites is 1. The molecular weight excluding hydrogens is 546 g/mol. The van der Waals surface area contributed by atoms with E-state index in [1.165, 1.54) is 11.3 Å². The lowest BCUT2D eigenvalue weighted by molar-refractivity contribution is -0.139. The van der Waals surface area contributed by atoms with E-state index in [0.29, 0.717) is 49.9 Å². The summed E-state index contributed by atoms with van der Waals surface area (Å²) < 4.78 is 15.3. The van der Waals surface area contributed by atoms with E-state index < -0.39 is 12.0 Å². The lowest BCUT2D eigenvalue weighted by Gasteiger charge is -2.27. The molecule has 0 fully saturated rings. The predicted octanol–water partition coefficient (Wildman–Crippen LogP) is 5.38. The van der Waals surface area contributed by atoms with Gasteiger partial charge in [-0.25, -0.2) is 9.79 Å². The lowest BCUT2D eigenvalue weighted by atomic mass is 9.93. The van der Waals surface area contributed by atoms with Crippen molar-refractivity contribution >= 4 is 45.9 Å². The molecule has 0 spiro atoms. The molecule has 0 bridgehead atoms. The number of carbonyl (C=O) groups excluding carboxylic acids is 1. The number of ether oxygens (including phenoxy) is 2. The van der Waals surface area contributed by atoms with Gasteiger partial charge in [-0.05, 0) is 43.7 Å². The number of hydrogen-bond acceptors (Lipinski definition) is 6. The molecule has 5 rings (SSSR count). The molecule has 3 heterocycles. The molecule has 0 amide bonds. The molecule has 0 radical (unpaired) electrons. The molecule has 1 aliphatic rings. The standard InChI is InChI=1S/C31H30ClN3O4S/c1-5-10-23-27(30(37)39-7-3)28(22-17-20(32)13-14-25(22)38-4)35-29(36)26(40-31(35)33-23)16-19-18-34(15-6-2)24-12-9-8-11-21(19)24/h6,8-9,11-14,16-18,28H,2,5,7,10,15H2,1,3-4H3/b26-16+/t28-/m0/s1. The number of hydrogen-bond donors (Lipinski definition) is 0. The van der Waals surface area contributed by atoms with Crippen molar-refractivity contribution in [2.75, 3.05) is 13.7 Å². The molecule has 0 N–H and O–H groups in total. The van der Waals surface area contributed by atoms with Crippen LogP contribution in [0.5, 0.6) is 5.75 Å². The summed E-state index contributed by atoms with van der Waals surface area (Å²) in [6, 6.07) is 12.4. The summed E-state index contributed by atoms with van der Waals surface area (Å²) in [5.41, 5.74) is 3.23. The largest absolute Gasteiger partial charge is 0.496 e. The predicted molar refractivity (Wildman–Crippen MR) is 160 cm³/mol. The van der Waals surface area contributed by atoms with Crippen LogP contribution in [0, 0.1) is 0 Å². The molecule has 1 atom stereocenters. The third-order valence-electron chi connectivity index (χ3n) is 6.81. The average Bonchev–Trinajstić information content (AvgIpc) is 3.45. The van der Waals surface area contributed by atoms with Crippen molar-refractivity contribution in [3.8, 4) is 5.75 Å². The van der Waals surface area contributed by atoms with E-state index in [4.69, 9.17) is 26.1 Å². The number of carbonyl (C=O) groups is 1. The summed E-state index contributed by atoms with van der Waals surface area (Å²) >= 11 is 7.73. The number of rotatable bonds is 9. The first kappa shape index (κ1) is 27.7. The maximum absolute atomic E-state index is 14.2. The minimum absolute atomic E-state index is 0.195. The molecule has 0 aliphatic carbocycles. The van der Waals surface area contributed by atoms with Crippen molar-refractivity contribution in [3.63, 3.8) is 0 Å². The molecule has 1 aliphatic heterocycles. The van der Waals surface area contributed by atoms with Crippen LogP contribution in [0.25, 0.3) is 17.0 Å². The number of allylic oxidation sites excluding steroid dienone is 2. The molecule has 0 saturated heterocycles. The molecule has 2 aromatic heterocycles. The fourth-order valence-electron chi connectivity index (χ4n) is 5.16. The zero-order chi connectivity index (χ0) is 28.4. The van der Waals surface area contributed by atoms with Gasteiger partial charge in [-0.15, -0.1) is 6.58 Å². The van der Waals surface area contributed by atoms with Crippen molar-refractivity contribution in [3.05, 3.63) is 108 Å². The molecule has 2 aromatic carbocycles. The fraction of sp³-hybridized carbons (Fsp3) is 0.258. The van der Waals surface area contributed by atoms with Crippen molar-refractivity contribution < 1.29 is 14.3 Å². The lowest BCUT2D eigenvalue weighted by Crippen LogP contribution is -2.40. The van der Waals surface area contributed by atoms with Gasteiger partial charge >= 0.3 is 5.97 Å². The Hall–Kier alpha value is -3.88. The van der Waals surface area contributed by atoms with Crippen molar-refractivity contribution in [1.82, 2.24) is 9.13 Å². The summed E-state index contributed by atoms with van der Waals surface area (Å²) in [6.45, 7) is 8.49. The molecule has 7 nitrogen and oxygen atoms in total. The van der Waals surface area contributed by atoms with E-state index in [-0.39, 0.29) is 12.2 Å². The summed E-state index contributed by atoms with van der Waals surface area (Å²) in [6.07, 6.45) is 7.07. The fourth-order valence-corrected chi connectivity index (χ4v) is 6.35. The number of esters is 1. The first-order valence-corrected chi connectivity index (χ1v) is 14.3. The van der Waals surface area contributed by atoms with E-state index >= 15 is 0 Å². The van der Waals surface area contributed by atoms with Crippen LogP contribution in [-0.4, -0.2) is 28.8 Å². The maximum Gasteiger partial charge on any atom is 0.338 e. The van der Waals surface area contributed by atoms with Crippen molar-refractivity contribution in [2.24, 2.45) is 4.99 Å². The van der Waals surface area contributed by atoms with Gasteiger partial charge in [0, 0.05) is 39.8 Å². The minimum atomic E-state index is -0.810. The molecule has 0 saturated carbocycles. The van der Waals surface area contributed by atoms with Gasteiger partial charge in [0.1, 0.15) is 11.8 Å². The Morgan fingerprint density at radius 3 is 2.75 bits per heavy atom. The molecule has 4 aromatic rings. The topological polar surface area (TPSA) is 74.8 Å². The Morgan fingerprint density at radius 2 is 2.02 bits per heavy atom. The van der Waals surface area contributed by atoms with Gasteiger partial charge in [-0.2, -0.15) is 0 Å². The van der Waals surface area contributed by atoms with Crippen LogP contribution < -0.4 is 19.6 Å². The van der Waals surface area contributed by atoms with E-state index in [1.807, 2.05) is 49.5 Å². The highest BCUT2D eigenvalue weighted by Gasteiger charge is 2.36. The number of benzene rings is 2. The molecular formula is C31H30ClN3O4S. The van der Waals surface area contributed by atoms with E-state index in [1.54, 1.807) is 36.8 Å². The van der Waals surface area contributed by atoms with Gasteiger partial charge in [0.25, 0.3) is 5.56 Å². The van der Waals surface area contributed by atoms with E-state index in [2.05, 4.69) is 11.1 Å². The highest BCUT2D eigenvalue weighted by molar-refractivity contribution is 7.07. The van der Waals surface area contributed by atoms with Crippen LogP contribution in [0.15, 0.2) is 82.4 Å². The SMILES string of the molecule is C=CCn1cc(/C=c2/sc3n(c2=O)[C@@H](c2cc(Cl)ccc2OC)C(C(=O)OCC)=C(CCC)N=3)c2ccccc21. The van der Waals surface area contributed by atoms with Crippen molar-refractivity contribution in [1.29, 1.82) is 0 Å². The van der Waals surface area contributed by atoms with Crippen LogP contribution in [-0.2, 0) is 16.1 Å². The summed E-state index contributed by atoms with van der Waals surface area (Å²) in [4.78, 5) is 32.9. The Morgan fingerprint density at radius 1 is 1.23 bits per heavy atom. The first-order chi connectivity index (χ1) is 19.4. The van der Waals surface area contributed by atoms with Gasteiger partial charge < -0.3 is 14.0 Å². The van der Waals surface area contributed by atoms with Crippen LogP contribution >= 0.6 is 22.9 Å². The van der Waals surface area contributed by atoms with Crippen LogP contribution in [0.3, 0.4) is 0 Å². The van der Waals surface area contributed by atoms with E-state index in [9.17, 15) is 9.59 Å². The highest BCUT2D eigenvalue weighted by atomic mass is 35.5. The number of methoxy groups -OCH3 is 1. The monoisotopic (exact) mass is 575 g/mol. The quantitative estimate of drug-likeness (QED) is 0.198. The molecule has 0 unspecified atom stereocenters. The van der Waals surface area contributed by atoms with Crippen molar-refractivity contribution in [2.45, 2.75) is 39.3 Å². The summed E-state index contributed by atoms with van der Waals surface area (Å²) in [5, 5.41) is 1.49. The molecule has 40 heavy (non-hydrogen) atoms. The third-order valence-corrected chi connectivity index (χ3v) is 8.03. The first-order valence-electron chi connectivity index (χ1n) is 13.2. The second-order valence-electron chi connectivity index (χ2n) is 9.34. The second-order valence-corrected chi connectivity index (χ2v) is 10.8.